The zero-order valence-electron chi connectivity index (χ0n) is 13.5. The van der Waals surface area contributed by atoms with E-state index in [-0.39, 0.29) is 11.8 Å². The van der Waals surface area contributed by atoms with Gasteiger partial charge in [0.05, 0.1) is 11.3 Å². The van der Waals surface area contributed by atoms with Crippen molar-refractivity contribution in [3.63, 3.8) is 0 Å². The highest BCUT2D eigenvalue weighted by Crippen LogP contribution is 2.21. The summed E-state index contributed by atoms with van der Waals surface area (Å²) >= 11 is 0. The van der Waals surface area contributed by atoms with Crippen LogP contribution in [-0.2, 0) is 6.54 Å². The van der Waals surface area contributed by atoms with E-state index in [9.17, 15) is 9.59 Å². The second-order valence-corrected chi connectivity index (χ2v) is 5.90. The summed E-state index contributed by atoms with van der Waals surface area (Å²) in [6.07, 6.45) is 2.07. The van der Waals surface area contributed by atoms with E-state index in [0.29, 0.717) is 23.4 Å². The van der Waals surface area contributed by atoms with Crippen molar-refractivity contribution in [3.8, 4) is 0 Å². The average molecular weight is 323 g/mol. The van der Waals surface area contributed by atoms with E-state index in [2.05, 4.69) is 5.32 Å². The minimum Gasteiger partial charge on any atom is -0.339 e. The molecule has 2 aromatic carbocycles. The maximum atomic E-state index is 12.6. The number of likely N-dealkylation sites (tertiary alicyclic amines) is 1. The standard InChI is InChI=1S/C19H21N3O2/c20-13-14-7-9-15(10-8-14)18(23)21-17-6-2-1-5-16(17)19(24)22-11-3-4-12-22/h1-2,5-10H,3-4,11-13,20H2,(H,21,23). The van der Waals surface area contributed by atoms with Crippen LogP contribution in [0, 0.1) is 0 Å². The fourth-order valence-electron chi connectivity index (χ4n) is 2.86. The van der Waals surface area contributed by atoms with Crippen LogP contribution in [0.2, 0.25) is 0 Å². The molecule has 1 saturated heterocycles. The lowest BCUT2D eigenvalue weighted by molar-refractivity contribution is 0.0794. The summed E-state index contributed by atoms with van der Waals surface area (Å²) in [7, 11) is 0. The van der Waals surface area contributed by atoms with Crippen LogP contribution in [0.3, 0.4) is 0 Å². The summed E-state index contributed by atoms with van der Waals surface area (Å²) in [5, 5.41) is 2.85. The fraction of sp³-hybridized carbons (Fsp3) is 0.263. The third-order valence-corrected chi connectivity index (χ3v) is 4.25. The molecule has 1 aliphatic rings. The lowest BCUT2D eigenvalue weighted by Crippen LogP contribution is -2.28. The Hall–Kier alpha value is -2.66. The van der Waals surface area contributed by atoms with Crippen LogP contribution in [-0.4, -0.2) is 29.8 Å². The van der Waals surface area contributed by atoms with Crippen LogP contribution in [0.25, 0.3) is 0 Å². The number of para-hydroxylation sites is 1. The van der Waals surface area contributed by atoms with Gasteiger partial charge in [-0.25, -0.2) is 0 Å². The molecule has 0 aliphatic carbocycles. The van der Waals surface area contributed by atoms with E-state index >= 15 is 0 Å². The van der Waals surface area contributed by atoms with Gasteiger partial charge in [0.2, 0.25) is 0 Å². The number of nitrogens with zero attached hydrogens (tertiary/aromatic N) is 1. The smallest absolute Gasteiger partial charge is 0.255 e. The van der Waals surface area contributed by atoms with Gasteiger partial charge in [0.25, 0.3) is 11.8 Å². The van der Waals surface area contributed by atoms with E-state index in [0.717, 1.165) is 31.5 Å². The molecule has 0 radical (unpaired) electrons. The first-order valence-electron chi connectivity index (χ1n) is 8.17. The molecule has 0 spiro atoms. The molecule has 0 atom stereocenters. The van der Waals surface area contributed by atoms with Gasteiger partial charge >= 0.3 is 0 Å². The third-order valence-electron chi connectivity index (χ3n) is 4.25. The van der Waals surface area contributed by atoms with Crippen molar-refractivity contribution in [2.45, 2.75) is 19.4 Å². The molecule has 3 N–H and O–H groups in total. The largest absolute Gasteiger partial charge is 0.339 e. The molecule has 24 heavy (non-hydrogen) atoms. The summed E-state index contributed by atoms with van der Waals surface area (Å²) in [4.78, 5) is 26.9. The first-order valence-corrected chi connectivity index (χ1v) is 8.17. The van der Waals surface area contributed by atoms with Crippen molar-refractivity contribution in [2.24, 2.45) is 5.73 Å². The summed E-state index contributed by atoms with van der Waals surface area (Å²) in [5.74, 6) is -0.262. The number of benzene rings is 2. The Bertz CT molecular complexity index is 735. The molecule has 0 aromatic heterocycles. The topological polar surface area (TPSA) is 75.4 Å². The average Bonchev–Trinajstić information content (AvgIpc) is 3.16. The Labute approximate surface area is 141 Å². The van der Waals surface area contributed by atoms with Gasteiger partial charge in [0, 0.05) is 25.2 Å². The molecular weight excluding hydrogens is 302 g/mol. The molecule has 1 heterocycles. The van der Waals surface area contributed by atoms with Crippen molar-refractivity contribution in [2.75, 3.05) is 18.4 Å². The van der Waals surface area contributed by atoms with Crippen LogP contribution >= 0.6 is 0 Å². The molecule has 2 amide bonds. The molecular formula is C19H21N3O2. The molecule has 0 saturated carbocycles. The first kappa shape index (κ1) is 16.2. The molecule has 1 fully saturated rings. The minimum absolute atomic E-state index is 0.0260. The number of nitrogens with one attached hydrogen (secondary N) is 1. The monoisotopic (exact) mass is 323 g/mol. The fourth-order valence-corrected chi connectivity index (χ4v) is 2.86. The molecule has 2 aromatic rings. The van der Waals surface area contributed by atoms with Gasteiger partial charge in [0.15, 0.2) is 0 Å². The molecule has 0 unspecified atom stereocenters. The van der Waals surface area contributed by atoms with Crippen molar-refractivity contribution in [1.82, 2.24) is 4.90 Å². The van der Waals surface area contributed by atoms with E-state index in [1.165, 1.54) is 0 Å². The Morgan fingerprint density at radius 1 is 1.00 bits per heavy atom. The SMILES string of the molecule is NCc1ccc(C(=O)Nc2ccccc2C(=O)N2CCCC2)cc1. The van der Waals surface area contributed by atoms with E-state index in [1.54, 1.807) is 24.3 Å². The Morgan fingerprint density at radius 2 is 1.67 bits per heavy atom. The molecule has 1 aliphatic heterocycles. The van der Waals surface area contributed by atoms with Crippen molar-refractivity contribution in [3.05, 3.63) is 65.2 Å². The highest BCUT2D eigenvalue weighted by molar-refractivity contribution is 6.09. The predicted molar refractivity (Wildman–Crippen MR) is 93.9 cm³/mol. The molecule has 5 nitrogen and oxygen atoms in total. The van der Waals surface area contributed by atoms with Gasteiger partial charge < -0.3 is 16.0 Å². The van der Waals surface area contributed by atoms with E-state index in [1.807, 2.05) is 29.2 Å². The lowest BCUT2D eigenvalue weighted by atomic mass is 10.1. The number of carbonyl (C=O) groups excluding carboxylic acids is 2. The van der Waals surface area contributed by atoms with Gasteiger partial charge in [-0.3, -0.25) is 9.59 Å². The number of rotatable bonds is 4. The number of hydrogen-bond donors (Lipinski definition) is 2. The minimum atomic E-state index is -0.236. The quantitative estimate of drug-likeness (QED) is 0.908. The molecule has 5 heteroatoms. The molecule has 0 bridgehead atoms. The van der Waals surface area contributed by atoms with Gasteiger partial charge in [-0.2, -0.15) is 0 Å². The van der Waals surface area contributed by atoms with Crippen LogP contribution in [0.15, 0.2) is 48.5 Å². The Morgan fingerprint density at radius 3 is 2.33 bits per heavy atom. The third kappa shape index (κ3) is 3.46. The van der Waals surface area contributed by atoms with Crippen LogP contribution in [0.1, 0.15) is 39.1 Å². The van der Waals surface area contributed by atoms with Gasteiger partial charge in [-0.1, -0.05) is 24.3 Å². The maximum Gasteiger partial charge on any atom is 0.255 e. The van der Waals surface area contributed by atoms with Gasteiger partial charge in [-0.15, -0.1) is 0 Å². The zero-order valence-corrected chi connectivity index (χ0v) is 13.5. The van der Waals surface area contributed by atoms with Crippen molar-refractivity contribution >= 4 is 17.5 Å². The van der Waals surface area contributed by atoms with E-state index in [4.69, 9.17) is 5.73 Å². The van der Waals surface area contributed by atoms with Crippen LogP contribution < -0.4 is 11.1 Å². The first-order chi connectivity index (χ1) is 11.7. The number of hydrogen-bond acceptors (Lipinski definition) is 3. The number of nitrogens with two attached hydrogens (primary N) is 1. The van der Waals surface area contributed by atoms with Gasteiger partial charge in [0.1, 0.15) is 0 Å². The maximum absolute atomic E-state index is 12.6. The summed E-state index contributed by atoms with van der Waals surface area (Å²) < 4.78 is 0. The number of amides is 2. The van der Waals surface area contributed by atoms with Crippen LogP contribution in [0.4, 0.5) is 5.69 Å². The lowest BCUT2D eigenvalue weighted by Gasteiger charge is -2.18. The summed E-state index contributed by atoms with van der Waals surface area (Å²) in [6, 6.07) is 14.3. The second kappa shape index (κ2) is 7.27. The highest BCUT2D eigenvalue weighted by Gasteiger charge is 2.22. The van der Waals surface area contributed by atoms with Gasteiger partial charge in [-0.05, 0) is 42.7 Å². The molecule has 124 valence electrons. The van der Waals surface area contributed by atoms with E-state index < -0.39 is 0 Å². The predicted octanol–water partition coefficient (Wildman–Crippen LogP) is 2.63. The zero-order chi connectivity index (χ0) is 16.9. The summed E-state index contributed by atoms with van der Waals surface area (Å²) in [6.45, 7) is 2.00. The van der Waals surface area contributed by atoms with Crippen LogP contribution in [0.5, 0.6) is 0 Å². The van der Waals surface area contributed by atoms with Crippen molar-refractivity contribution < 1.29 is 9.59 Å². The summed E-state index contributed by atoms with van der Waals surface area (Å²) in [5.41, 5.74) is 8.15. The highest BCUT2D eigenvalue weighted by atomic mass is 16.2. The Balaban J connectivity index is 1.79. The Kier molecular flexibility index (Phi) is 4.91. The second-order valence-electron chi connectivity index (χ2n) is 5.90. The number of carbonyl (C=O) groups is 2. The molecule has 3 rings (SSSR count). The number of anilines is 1. The van der Waals surface area contributed by atoms with Crippen molar-refractivity contribution in [1.29, 1.82) is 0 Å². The normalized spacial score (nSPS) is 13.8.